The second-order valence-electron chi connectivity index (χ2n) is 6.99. The largest absolute Gasteiger partial charge is 0.397 e. The summed E-state index contributed by atoms with van der Waals surface area (Å²) in [5.41, 5.74) is 15.9. The van der Waals surface area contributed by atoms with Gasteiger partial charge in [-0.15, -0.1) is 0 Å². The summed E-state index contributed by atoms with van der Waals surface area (Å²) in [7, 11) is -4.32. The summed E-state index contributed by atoms with van der Waals surface area (Å²) in [5, 5.41) is 6.19. The molecule has 0 spiro atoms. The number of carbonyl (C=O) groups is 1. The van der Waals surface area contributed by atoms with Gasteiger partial charge in [-0.05, 0) is 42.4 Å². The molecule has 2 heterocycles. The van der Waals surface area contributed by atoms with E-state index in [1.165, 1.54) is 24.4 Å². The van der Waals surface area contributed by atoms with E-state index in [-0.39, 0.29) is 29.7 Å². The van der Waals surface area contributed by atoms with E-state index in [9.17, 15) is 18.0 Å². The number of carbonyl (C=O) groups excluding carboxylic acids is 1. The topological polar surface area (TPSA) is 198 Å². The van der Waals surface area contributed by atoms with E-state index < -0.39 is 32.7 Å². The third-order valence-corrected chi connectivity index (χ3v) is 6.53. The van der Waals surface area contributed by atoms with Crippen LogP contribution in [0.5, 0.6) is 0 Å². The molecule has 0 saturated carbocycles. The molecule has 0 fully saturated rings. The highest BCUT2D eigenvalue weighted by molar-refractivity contribution is 7.91. The molecule has 13 heteroatoms. The first-order valence-corrected chi connectivity index (χ1v) is 11.2. The first-order chi connectivity index (χ1) is 15.6. The van der Waals surface area contributed by atoms with Crippen molar-refractivity contribution in [3.8, 4) is 0 Å². The van der Waals surface area contributed by atoms with E-state index in [1.807, 2.05) is 0 Å². The number of pyridine rings is 2. The van der Waals surface area contributed by atoms with E-state index >= 15 is 0 Å². The quantitative estimate of drug-likeness (QED) is 0.143. The molecular weight excluding hydrogens is 450 g/mol. The van der Waals surface area contributed by atoms with E-state index in [1.54, 1.807) is 25.1 Å². The fourth-order valence-electron chi connectivity index (χ4n) is 3.22. The number of hydrogen-bond donors (Lipinski definition) is 4. The number of nitrogens with one attached hydrogen (secondary N) is 1. The number of nitrogens with zero attached hydrogens (tertiary/aromatic N) is 3. The first-order valence-electron chi connectivity index (χ1n) is 9.69. The van der Waals surface area contributed by atoms with E-state index in [4.69, 9.17) is 22.0 Å². The predicted octanol–water partition coefficient (Wildman–Crippen LogP) is -0.559. The van der Waals surface area contributed by atoms with Crippen LogP contribution >= 0.6 is 0 Å². The lowest BCUT2D eigenvalue weighted by atomic mass is 10.2. The summed E-state index contributed by atoms with van der Waals surface area (Å²) >= 11 is 0. The number of aryl methyl sites for hydroxylation is 1. The number of benzene rings is 1. The monoisotopic (exact) mass is 473 g/mol. The Morgan fingerprint density at radius 3 is 2.73 bits per heavy atom. The molecule has 7 N–H and O–H groups in total. The Bertz CT molecular complexity index is 1390. The first kappa shape index (κ1) is 23.5. The van der Waals surface area contributed by atoms with Gasteiger partial charge in [-0.2, -0.15) is 0 Å². The number of nitrogens with two attached hydrogens (primary N) is 3. The van der Waals surface area contributed by atoms with E-state index in [0.717, 1.165) is 4.57 Å². The molecule has 0 atom stereocenters. The number of hydrogen-bond acceptors (Lipinski definition) is 8. The lowest BCUT2D eigenvalue weighted by Gasteiger charge is -2.15. The Balaban J connectivity index is 1.95. The van der Waals surface area contributed by atoms with Gasteiger partial charge in [0.05, 0.1) is 22.6 Å². The Labute approximate surface area is 188 Å². The Hall–Kier alpha value is -4.13. The van der Waals surface area contributed by atoms with Crippen molar-refractivity contribution in [1.29, 1.82) is 0 Å². The Kier molecular flexibility index (Phi) is 6.82. The van der Waals surface area contributed by atoms with Gasteiger partial charge in [0.1, 0.15) is 13.2 Å². The van der Waals surface area contributed by atoms with Crippen molar-refractivity contribution in [3.05, 3.63) is 58.6 Å². The molecule has 12 nitrogen and oxygen atoms in total. The number of guanidine groups is 1. The third-order valence-electron chi connectivity index (χ3n) is 4.64. The van der Waals surface area contributed by atoms with Gasteiger partial charge in [0.25, 0.3) is 5.56 Å². The van der Waals surface area contributed by atoms with Gasteiger partial charge in [-0.25, -0.2) is 8.42 Å². The van der Waals surface area contributed by atoms with Crippen LogP contribution in [0.3, 0.4) is 0 Å². The summed E-state index contributed by atoms with van der Waals surface area (Å²) in [6.07, 6.45) is 1.53. The Morgan fingerprint density at radius 1 is 1.24 bits per heavy atom. The van der Waals surface area contributed by atoms with Gasteiger partial charge < -0.3 is 31.9 Å². The maximum atomic E-state index is 13.5. The van der Waals surface area contributed by atoms with Gasteiger partial charge in [0.2, 0.25) is 21.7 Å². The molecule has 0 radical (unpaired) electrons. The minimum Gasteiger partial charge on any atom is -0.397 e. The standard InChI is InChI=1S/C20H23N7O5S/c1-12-10-14(21)18(19(29)27(12)11-17(28)25-8-9-32-26-20(22)23)33(30,31)16-6-2-5-15-13(16)4-3-7-24-15/h2-7,10H,8-9,11,21H2,1H3,(H,25,28)(H4,22,23,26). The Morgan fingerprint density at radius 2 is 2.00 bits per heavy atom. The molecule has 1 amide bonds. The van der Waals surface area contributed by atoms with Crippen LogP contribution in [0, 0.1) is 6.92 Å². The van der Waals surface area contributed by atoms with Crippen LogP contribution < -0.4 is 28.1 Å². The molecule has 33 heavy (non-hydrogen) atoms. The van der Waals surface area contributed by atoms with Crippen molar-refractivity contribution in [2.24, 2.45) is 16.6 Å². The number of rotatable bonds is 8. The maximum absolute atomic E-state index is 13.5. The second-order valence-corrected chi connectivity index (χ2v) is 8.85. The lowest BCUT2D eigenvalue weighted by Crippen LogP contribution is -2.37. The SMILES string of the molecule is Cc1cc(N)c(S(=O)(=O)c2cccc3ncccc23)c(=O)n1CC(=O)NCCON=C(N)N. The maximum Gasteiger partial charge on any atom is 0.272 e. The van der Waals surface area contributed by atoms with Crippen molar-refractivity contribution in [2.45, 2.75) is 23.3 Å². The zero-order valence-electron chi connectivity index (χ0n) is 17.7. The van der Waals surface area contributed by atoms with Crippen LogP contribution in [0.25, 0.3) is 10.9 Å². The summed E-state index contributed by atoms with van der Waals surface area (Å²) < 4.78 is 28.0. The summed E-state index contributed by atoms with van der Waals surface area (Å²) in [5.74, 6) is -0.808. The molecule has 1 aromatic carbocycles. The minimum absolute atomic E-state index is 0.00595. The number of sulfone groups is 1. The number of aromatic nitrogens is 2. The normalized spacial score (nSPS) is 11.2. The van der Waals surface area contributed by atoms with Crippen LogP contribution in [0.2, 0.25) is 0 Å². The molecule has 2 aromatic heterocycles. The van der Waals surface area contributed by atoms with Crippen LogP contribution in [0.1, 0.15) is 5.69 Å². The smallest absolute Gasteiger partial charge is 0.272 e. The number of anilines is 1. The number of oxime groups is 1. The summed E-state index contributed by atoms with van der Waals surface area (Å²) in [6.45, 7) is 1.18. The molecule has 0 bridgehead atoms. The molecule has 0 aliphatic carbocycles. The molecule has 0 unspecified atom stereocenters. The zero-order valence-corrected chi connectivity index (χ0v) is 18.5. The molecule has 3 rings (SSSR count). The highest BCUT2D eigenvalue weighted by Gasteiger charge is 2.28. The predicted molar refractivity (Wildman–Crippen MR) is 122 cm³/mol. The van der Waals surface area contributed by atoms with Crippen LogP contribution in [0.15, 0.2) is 62.3 Å². The average molecular weight is 474 g/mol. The van der Waals surface area contributed by atoms with E-state index in [2.05, 4.69) is 15.5 Å². The van der Waals surface area contributed by atoms with Crippen molar-refractivity contribution >= 4 is 38.3 Å². The molecule has 3 aromatic rings. The van der Waals surface area contributed by atoms with Gasteiger partial charge in [-0.1, -0.05) is 6.07 Å². The highest BCUT2D eigenvalue weighted by atomic mass is 32.2. The van der Waals surface area contributed by atoms with Gasteiger partial charge in [0.15, 0.2) is 4.90 Å². The second kappa shape index (κ2) is 9.56. The van der Waals surface area contributed by atoms with Crippen molar-refractivity contribution in [3.63, 3.8) is 0 Å². The molecule has 0 aliphatic heterocycles. The van der Waals surface area contributed by atoms with Gasteiger partial charge in [0, 0.05) is 17.3 Å². The fourth-order valence-corrected chi connectivity index (χ4v) is 4.87. The number of fused-ring (bicyclic) bond motifs is 1. The van der Waals surface area contributed by atoms with Gasteiger partial charge >= 0.3 is 0 Å². The van der Waals surface area contributed by atoms with Crippen molar-refractivity contribution in [1.82, 2.24) is 14.9 Å². The van der Waals surface area contributed by atoms with Crippen LogP contribution in [-0.2, 0) is 26.0 Å². The molecule has 0 saturated heterocycles. The van der Waals surface area contributed by atoms with Crippen LogP contribution in [0.4, 0.5) is 5.69 Å². The third kappa shape index (κ3) is 5.03. The fraction of sp³-hybridized carbons (Fsp3) is 0.200. The summed E-state index contributed by atoms with van der Waals surface area (Å²) in [4.78, 5) is 33.7. The van der Waals surface area contributed by atoms with Crippen molar-refractivity contribution < 1.29 is 18.0 Å². The number of amides is 1. The zero-order chi connectivity index (χ0) is 24.2. The lowest BCUT2D eigenvalue weighted by molar-refractivity contribution is -0.122. The minimum atomic E-state index is -4.32. The van der Waals surface area contributed by atoms with E-state index in [0.29, 0.717) is 16.6 Å². The molecule has 174 valence electrons. The number of nitrogen functional groups attached to an aromatic ring is 1. The average Bonchev–Trinajstić information content (AvgIpc) is 2.75. The molecular formula is C20H23N7O5S. The van der Waals surface area contributed by atoms with Gasteiger partial charge in [-0.3, -0.25) is 14.6 Å². The summed E-state index contributed by atoms with van der Waals surface area (Å²) in [6, 6.07) is 9.10. The van der Waals surface area contributed by atoms with Crippen LogP contribution in [-0.4, -0.2) is 43.0 Å². The molecule has 0 aliphatic rings. The highest BCUT2D eigenvalue weighted by Crippen LogP contribution is 2.28. The van der Waals surface area contributed by atoms with Crippen molar-refractivity contribution in [2.75, 3.05) is 18.9 Å².